The number of hydrogen-bond donors (Lipinski definition) is 2. The lowest BCUT2D eigenvalue weighted by Crippen LogP contribution is -2.21. The van der Waals surface area contributed by atoms with Gasteiger partial charge in [0.2, 0.25) is 5.91 Å². The molecule has 0 spiro atoms. The number of nitrogens with zero attached hydrogens (tertiary/aromatic N) is 2. The number of benzene rings is 1. The minimum Gasteiger partial charge on any atom is -0.369 e. The molecule has 106 valence electrons. The summed E-state index contributed by atoms with van der Waals surface area (Å²) in [6, 6.07) is 5.51. The van der Waals surface area contributed by atoms with Crippen molar-refractivity contribution in [3.8, 4) is 0 Å². The van der Waals surface area contributed by atoms with Gasteiger partial charge in [-0.05, 0) is 30.4 Å². The molecule has 0 aliphatic carbocycles. The van der Waals surface area contributed by atoms with Gasteiger partial charge in [-0.2, -0.15) is 5.10 Å². The van der Waals surface area contributed by atoms with Crippen LogP contribution in [0.4, 0.5) is 5.82 Å². The van der Waals surface area contributed by atoms with Crippen molar-refractivity contribution in [3.63, 3.8) is 0 Å². The Morgan fingerprint density at radius 1 is 1.33 bits per heavy atom. The van der Waals surface area contributed by atoms with E-state index in [2.05, 4.69) is 10.2 Å². The highest BCUT2D eigenvalue weighted by Gasteiger charge is 2.17. The Labute approximate surface area is 126 Å². The quantitative estimate of drug-likeness (QED) is 0.915. The molecule has 5 nitrogen and oxygen atoms in total. The molecule has 1 aliphatic rings. The number of amides is 1. The molecule has 3 rings (SSSR count). The lowest BCUT2D eigenvalue weighted by atomic mass is 10.2. The van der Waals surface area contributed by atoms with E-state index in [1.807, 2.05) is 47.5 Å². The zero-order chi connectivity index (χ0) is 14.8. The van der Waals surface area contributed by atoms with Crippen LogP contribution < -0.4 is 10.6 Å². The summed E-state index contributed by atoms with van der Waals surface area (Å²) < 4.78 is 0. The fourth-order valence-electron chi connectivity index (χ4n) is 2.23. The maximum Gasteiger partial charge on any atom is 0.223 e. The highest BCUT2D eigenvalue weighted by molar-refractivity contribution is 6.31. The number of aromatic nitrogens is 2. The molecule has 0 saturated heterocycles. The Hall–Kier alpha value is -2.53. The van der Waals surface area contributed by atoms with E-state index in [4.69, 9.17) is 17.3 Å². The lowest BCUT2D eigenvalue weighted by molar-refractivity contribution is -0.117. The summed E-state index contributed by atoms with van der Waals surface area (Å²) in [7, 11) is 0. The summed E-state index contributed by atoms with van der Waals surface area (Å²) in [4.78, 5) is 13.1. The van der Waals surface area contributed by atoms with Crippen LogP contribution in [0.3, 0.4) is 0 Å². The molecule has 3 N–H and O–H groups in total. The summed E-state index contributed by atoms with van der Waals surface area (Å²) in [6.45, 7) is 0. The Kier molecular flexibility index (Phi) is 3.50. The maximum atomic E-state index is 11.3. The number of anilines is 1. The molecule has 0 saturated carbocycles. The Morgan fingerprint density at radius 2 is 2.19 bits per heavy atom. The van der Waals surface area contributed by atoms with Gasteiger partial charge in [0.15, 0.2) is 5.82 Å². The topological polar surface area (TPSA) is 75.0 Å². The van der Waals surface area contributed by atoms with Gasteiger partial charge in [0.05, 0.1) is 11.9 Å². The van der Waals surface area contributed by atoms with Crippen molar-refractivity contribution in [3.05, 3.63) is 59.4 Å². The lowest BCUT2D eigenvalue weighted by Gasteiger charge is -2.20. The predicted octanol–water partition coefficient (Wildman–Crippen LogP) is 2.87. The highest BCUT2D eigenvalue weighted by atomic mass is 35.5. The third kappa shape index (κ3) is 2.68. The van der Waals surface area contributed by atoms with Gasteiger partial charge in [-0.3, -0.25) is 9.89 Å². The summed E-state index contributed by atoms with van der Waals surface area (Å²) >= 11 is 5.98. The van der Waals surface area contributed by atoms with Crippen molar-refractivity contribution in [1.82, 2.24) is 10.2 Å². The van der Waals surface area contributed by atoms with Crippen LogP contribution in [0.25, 0.3) is 10.9 Å². The van der Waals surface area contributed by atoms with Crippen LogP contribution in [0.5, 0.6) is 0 Å². The molecule has 0 fully saturated rings. The number of hydrogen-bond acceptors (Lipinski definition) is 3. The molecule has 0 bridgehead atoms. The third-order valence-electron chi connectivity index (χ3n) is 3.14. The number of fused-ring (bicyclic) bond motifs is 1. The summed E-state index contributed by atoms with van der Waals surface area (Å²) in [5.41, 5.74) is 6.92. The fraction of sp³-hybridized carbons (Fsp3) is 0.0667. The fourth-order valence-corrected chi connectivity index (χ4v) is 2.40. The molecule has 6 heteroatoms. The van der Waals surface area contributed by atoms with E-state index in [1.165, 1.54) is 0 Å². The first-order valence-corrected chi connectivity index (χ1v) is 6.78. The molecule has 1 aromatic carbocycles. The predicted molar refractivity (Wildman–Crippen MR) is 83.8 cm³/mol. The first-order chi connectivity index (χ1) is 10.1. The molecule has 0 radical (unpaired) electrons. The highest BCUT2D eigenvalue weighted by Crippen LogP contribution is 2.30. The van der Waals surface area contributed by atoms with E-state index < -0.39 is 5.91 Å². The van der Waals surface area contributed by atoms with Crippen LogP contribution in [0, 0.1) is 0 Å². The average molecular weight is 301 g/mol. The number of aromatic amines is 1. The summed E-state index contributed by atoms with van der Waals surface area (Å²) in [5, 5.41) is 8.83. The van der Waals surface area contributed by atoms with Crippen LogP contribution in [0.15, 0.2) is 54.4 Å². The van der Waals surface area contributed by atoms with E-state index in [9.17, 15) is 4.79 Å². The Morgan fingerprint density at radius 3 is 3.00 bits per heavy atom. The molecule has 1 aromatic heterocycles. The second kappa shape index (κ2) is 5.46. The number of carbonyl (C=O) groups is 1. The third-order valence-corrected chi connectivity index (χ3v) is 3.38. The standard InChI is InChI=1S/C15H13ClN4O/c16-10-5-6-12-13(8-10)18-19-15(12)20-7-3-1-2-4-11(20)9-14(17)21/h1-8H,9H2,(H2,17,21)(H,18,19). The van der Waals surface area contributed by atoms with E-state index in [0.717, 1.165) is 16.6 Å². The van der Waals surface area contributed by atoms with Crippen molar-refractivity contribution < 1.29 is 4.79 Å². The molecular formula is C15H13ClN4O. The van der Waals surface area contributed by atoms with Gasteiger partial charge in [-0.1, -0.05) is 23.8 Å². The Balaban J connectivity index is 2.08. The van der Waals surface area contributed by atoms with E-state index >= 15 is 0 Å². The van der Waals surface area contributed by atoms with Crippen LogP contribution in [-0.2, 0) is 4.79 Å². The monoisotopic (exact) mass is 300 g/mol. The zero-order valence-electron chi connectivity index (χ0n) is 11.1. The second-order valence-corrected chi connectivity index (χ2v) is 5.07. The smallest absolute Gasteiger partial charge is 0.223 e. The number of primary amides is 1. The van der Waals surface area contributed by atoms with Gasteiger partial charge in [0.1, 0.15) is 0 Å². The average Bonchev–Trinajstić information content (AvgIpc) is 2.70. The van der Waals surface area contributed by atoms with E-state index in [1.54, 1.807) is 6.07 Å². The van der Waals surface area contributed by atoms with E-state index in [0.29, 0.717) is 10.8 Å². The number of allylic oxidation sites excluding steroid dienone is 4. The van der Waals surface area contributed by atoms with Crippen molar-refractivity contribution in [2.24, 2.45) is 5.73 Å². The number of H-pyrrole nitrogens is 1. The van der Waals surface area contributed by atoms with Crippen LogP contribution >= 0.6 is 11.6 Å². The Bertz CT molecular complexity index is 788. The molecule has 0 unspecified atom stereocenters. The first kappa shape index (κ1) is 13.5. The first-order valence-electron chi connectivity index (χ1n) is 6.40. The molecule has 2 aromatic rings. The molecule has 1 amide bonds. The molecule has 2 heterocycles. The van der Waals surface area contributed by atoms with E-state index in [-0.39, 0.29) is 6.42 Å². The number of nitrogens with one attached hydrogen (secondary N) is 1. The van der Waals surface area contributed by atoms with Crippen LogP contribution in [0.2, 0.25) is 5.02 Å². The van der Waals surface area contributed by atoms with Crippen LogP contribution in [0.1, 0.15) is 6.42 Å². The zero-order valence-corrected chi connectivity index (χ0v) is 11.8. The van der Waals surface area contributed by atoms with Gasteiger partial charge in [-0.25, -0.2) is 0 Å². The van der Waals surface area contributed by atoms with Gasteiger partial charge in [-0.15, -0.1) is 0 Å². The molecule has 1 aliphatic heterocycles. The summed E-state index contributed by atoms with van der Waals surface area (Å²) in [6.07, 6.45) is 9.45. The minimum absolute atomic E-state index is 0.136. The normalized spacial score (nSPS) is 14.3. The number of nitrogens with two attached hydrogens (primary N) is 1. The largest absolute Gasteiger partial charge is 0.369 e. The van der Waals surface area contributed by atoms with Crippen LogP contribution in [-0.4, -0.2) is 16.1 Å². The minimum atomic E-state index is -0.391. The van der Waals surface area contributed by atoms with Crippen molar-refractivity contribution in [2.45, 2.75) is 6.42 Å². The molecule has 0 atom stereocenters. The van der Waals surface area contributed by atoms with Gasteiger partial charge in [0, 0.05) is 22.3 Å². The van der Waals surface area contributed by atoms with Crippen molar-refractivity contribution in [1.29, 1.82) is 0 Å². The SMILES string of the molecule is NC(=O)CC1=CC=CC=CN1c1n[nH]c2cc(Cl)ccc12. The molecular weight excluding hydrogens is 288 g/mol. The second-order valence-electron chi connectivity index (χ2n) is 4.63. The maximum absolute atomic E-state index is 11.3. The van der Waals surface area contributed by atoms with Gasteiger partial charge >= 0.3 is 0 Å². The van der Waals surface area contributed by atoms with Gasteiger partial charge < -0.3 is 10.6 Å². The number of carbonyl (C=O) groups excluding carboxylic acids is 1. The van der Waals surface area contributed by atoms with Gasteiger partial charge in [0.25, 0.3) is 0 Å². The number of rotatable bonds is 3. The molecule has 21 heavy (non-hydrogen) atoms. The summed E-state index contributed by atoms with van der Waals surface area (Å²) in [5.74, 6) is 0.312. The van der Waals surface area contributed by atoms with Crippen molar-refractivity contribution >= 4 is 34.2 Å². The number of halogens is 1. The van der Waals surface area contributed by atoms with Crippen molar-refractivity contribution in [2.75, 3.05) is 4.90 Å².